The van der Waals surface area contributed by atoms with Gasteiger partial charge in [0.05, 0.1) is 6.42 Å². The molecule has 2 aromatic carbocycles. The van der Waals surface area contributed by atoms with Crippen LogP contribution in [0.1, 0.15) is 23.1 Å². The Hall–Kier alpha value is -2.35. The molecule has 0 aromatic heterocycles. The Balaban J connectivity index is 1.62. The van der Waals surface area contributed by atoms with Crippen molar-refractivity contribution in [2.45, 2.75) is 19.8 Å². The maximum absolute atomic E-state index is 12.4. The number of hydrogen-bond donors (Lipinski definition) is 0. The largest absolute Gasteiger partial charge is 0.338 e. The van der Waals surface area contributed by atoms with E-state index in [1.165, 1.54) is 16.7 Å². The molecule has 0 saturated heterocycles. The van der Waals surface area contributed by atoms with Crippen LogP contribution in [-0.4, -0.2) is 23.9 Å². The number of aryl methyl sites for hydroxylation is 1. The van der Waals surface area contributed by atoms with Crippen molar-refractivity contribution in [1.82, 2.24) is 4.90 Å². The van der Waals surface area contributed by atoms with E-state index < -0.39 is 0 Å². The molecule has 0 atom stereocenters. The zero-order valence-electron chi connectivity index (χ0n) is 13.0. The average Bonchev–Trinajstić information content (AvgIpc) is 2.58. The summed E-state index contributed by atoms with van der Waals surface area (Å²) in [6.07, 6.45) is 3.62. The highest BCUT2D eigenvalue weighted by molar-refractivity contribution is 5.80. The van der Waals surface area contributed by atoms with Crippen molar-refractivity contribution in [2.75, 3.05) is 13.1 Å². The third-order valence-electron chi connectivity index (χ3n) is 4.18. The molecule has 1 aliphatic rings. The first-order valence-electron chi connectivity index (χ1n) is 7.80. The van der Waals surface area contributed by atoms with Crippen LogP contribution in [0.15, 0.2) is 60.7 Å². The second-order valence-corrected chi connectivity index (χ2v) is 5.85. The lowest BCUT2D eigenvalue weighted by molar-refractivity contribution is -0.130. The second-order valence-electron chi connectivity index (χ2n) is 5.85. The van der Waals surface area contributed by atoms with Crippen LogP contribution in [0.4, 0.5) is 0 Å². The summed E-state index contributed by atoms with van der Waals surface area (Å²) < 4.78 is 0. The molecule has 0 N–H and O–H groups in total. The van der Waals surface area contributed by atoms with E-state index in [1.54, 1.807) is 0 Å². The van der Waals surface area contributed by atoms with Gasteiger partial charge in [0.2, 0.25) is 5.91 Å². The van der Waals surface area contributed by atoms with E-state index in [9.17, 15) is 4.79 Å². The molecule has 2 aromatic rings. The van der Waals surface area contributed by atoms with E-state index in [2.05, 4.69) is 49.4 Å². The van der Waals surface area contributed by atoms with Gasteiger partial charge in [-0.3, -0.25) is 4.79 Å². The summed E-state index contributed by atoms with van der Waals surface area (Å²) in [6, 6.07) is 18.6. The quantitative estimate of drug-likeness (QED) is 0.841. The molecular formula is C20H21NO. The fourth-order valence-corrected chi connectivity index (χ4v) is 2.80. The van der Waals surface area contributed by atoms with Gasteiger partial charge in [0.25, 0.3) is 0 Å². The number of benzene rings is 2. The van der Waals surface area contributed by atoms with Gasteiger partial charge in [-0.2, -0.15) is 0 Å². The molecule has 0 bridgehead atoms. The molecule has 2 heteroatoms. The van der Waals surface area contributed by atoms with Crippen molar-refractivity contribution in [1.29, 1.82) is 0 Å². The van der Waals surface area contributed by atoms with Gasteiger partial charge in [-0.1, -0.05) is 66.2 Å². The van der Waals surface area contributed by atoms with Crippen molar-refractivity contribution >= 4 is 11.5 Å². The third-order valence-corrected chi connectivity index (χ3v) is 4.18. The zero-order valence-corrected chi connectivity index (χ0v) is 13.0. The molecule has 0 unspecified atom stereocenters. The van der Waals surface area contributed by atoms with Gasteiger partial charge in [0.1, 0.15) is 0 Å². The van der Waals surface area contributed by atoms with E-state index in [0.29, 0.717) is 6.42 Å². The van der Waals surface area contributed by atoms with Crippen LogP contribution < -0.4 is 0 Å². The molecule has 1 aliphatic heterocycles. The molecule has 1 amide bonds. The van der Waals surface area contributed by atoms with Crippen LogP contribution in [-0.2, 0) is 11.2 Å². The Bertz CT molecular complexity index is 671. The molecule has 0 aliphatic carbocycles. The fourth-order valence-electron chi connectivity index (χ4n) is 2.80. The lowest BCUT2D eigenvalue weighted by Gasteiger charge is -2.27. The van der Waals surface area contributed by atoms with E-state index in [0.717, 1.165) is 25.1 Å². The zero-order chi connectivity index (χ0) is 15.4. The first-order valence-corrected chi connectivity index (χ1v) is 7.80. The predicted molar refractivity (Wildman–Crippen MR) is 90.5 cm³/mol. The summed E-state index contributed by atoms with van der Waals surface area (Å²) in [5.74, 6) is 0.215. The van der Waals surface area contributed by atoms with Gasteiger partial charge < -0.3 is 4.90 Å². The molecule has 22 heavy (non-hydrogen) atoms. The van der Waals surface area contributed by atoms with Crippen molar-refractivity contribution in [3.63, 3.8) is 0 Å². The second kappa shape index (κ2) is 6.61. The molecule has 112 valence electrons. The minimum atomic E-state index is 0.215. The molecule has 0 spiro atoms. The summed E-state index contributed by atoms with van der Waals surface area (Å²) in [5.41, 5.74) is 4.94. The third kappa shape index (κ3) is 3.45. The Morgan fingerprint density at radius 3 is 2.41 bits per heavy atom. The van der Waals surface area contributed by atoms with E-state index in [1.807, 2.05) is 23.1 Å². The van der Waals surface area contributed by atoms with Gasteiger partial charge >= 0.3 is 0 Å². The maximum Gasteiger partial charge on any atom is 0.227 e. The van der Waals surface area contributed by atoms with E-state index >= 15 is 0 Å². The van der Waals surface area contributed by atoms with Gasteiger partial charge in [-0.15, -0.1) is 0 Å². The molecule has 0 fully saturated rings. The molecule has 0 saturated carbocycles. The summed E-state index contributed by atoms with van der Waals surface area (Å²) >= 11 is 0. The number of hydrogen-bond acceptors (Lipinski definition) is 1. The van der Waals surface area contributed by atoms with Gasteiger partial charge in [0.15, 0.2) is 0 Å². The first kappa shape index (κ1) is 14.6. The minimum Gasteiger partial charge on any atom is -0.338 e. The summed E-state index contributed by atoms with van der Waals surface area (Å²) in [4.78, 5) is 14.3. The molecule has 1 heterocycles. The Kier molecular flexibility index (Phi) is 4.38. The number of carbonyl (C=O) groups is 1. The normalized spacial score (nSPS) is 14.6. The monoisotopic (exact) mass is 291 g/mol. The standard InChI is InChI=1S/C20H21NO/c1-16-7-9-17(10-8-16)15-20(22)21-13-11-19(12-14-21)18-5-3-2-4-6-18/h2-11H,12-15H2,1H3. The van der Waals surface area contributed by atoms with Crippen LogP contribution in [0.25, 0.3) is 5.57 Å². The number of amides is 1. The highest BCUT2D eigenvalue weighted by Gasteiger charge is 2.17. The van der Waals surface area contributed by atoms with Gasteiger partial charge in [-0.25, -0.2) is 0 Å². The Morgan fingerprint density at radius 1 is 1.05 bits per heavy atom. The number of nitrogens with zero attached hydrogens (tertiary/aromatic N) is 1. The first-order chi connectivity index (χ1) is 10.7. The summed E-state index contributed by atoms with van der Waals surface area (Å²) in [6.45, 7) is 3.59. The lowest BCUT2D eigenvalue weighted by Crippen LogP contribution is -2.35. The lowest BCUT2D eigenvalue weighted by atomic mass is 9.99. The smallest absolute Gasteiger partial charge is 0.227 e. The van der Waals surface area contributed by atoms with Crippen molar-refractivity contribution in [3.8, 4) is 0 Å². The number of carbonyl (C=O) groups excluding carboxylic acids is 1. The van der Waals surface area contributed by atoms with E-state index in [-0.39, 0.29) is 5.91 Å². The summed E-state index contributed by atoms with van der Waals surface area (Å²) in [7, 11) is 0. The van der Waals surface area contributed by atoms with Crippen molar-refractivity contribution in [3.05, 3.63) is 77.4 Å². The van der Waals surface area contributed by atoms with Crippen molar-refractivity contribution < 1.29 is 4.79 Å². The minimum absolute atomic E-state index is 0.215. The SMILES string of the molecule is Cc1ccc(CC(=O)N2CC=C(c3ccccc3)CC2)cc1. The Labute approximate surface area is 132 Å². The van der Waals surface area contributed by atoms with Crippen LogP contribution >= 0.6 is 0 Å². The molecule has 3 rings (SSSR count). The highest BCUT2D eigenvalue weighted by Crippen LogP contribution is 2.22. The fraction of sp³-hybridized carbons (Fsp3) is 0.250. The highest BCUT2D eigenvalue weighted by atomic mass is 16.2. The molecule has 2 nitrogen and oxygen atoms in total. The van der Waals surface area contributed by atoms with Crippen molar-refractivity contribution in [2.24, 2.45) is 0 Å². The van der Waals surface area contributed by atoms with Crippen LogP contribution in [0, 0.1) is 6.92 Å². The van der Waals surface area contributed by atoms with Gasteiger partial charge in [0, 0.05) is 13.1 Å². The maximum atomic E-state index is 12.4. The number of rotatable bonds is 3. The molecule has 0 radical (unpaired) electrons. The van der Waals surface area contributed by atoms with E-state index in [4.69, 9.17) is 0 Å². The molecular weight excluding hydrogens is 270 g/mol. The summed E-state index contributed by atoms with van der Waals surface area (Å²) in [5, 5.41) is 0. The van der Waals surface area contributed by atoms with Crippen LogP contribution in [0.2, 0.25) is 0 Å². The Morgan fingerprint density at radius 2 is 1.77 bits per heavy atom. The topological polar surface area (TPSA) is 20.3 Å². The average molecular weight is 291 g/mol. The van der Waals surface area contributed by atoms with Crippen LogP contribution in [0.3, 0.4) is 0 Å². The predicted octanol–water partition coefficient (Wildman–Crippen LogP) is 3.85. The van der Waals surface area contributed by atoms with Crippen LogP contribution in [0.5, 0.6) is 0 Å². The van der Waals surface area contributed by atoms with Gasteiger partial charge in [-0.05, 0) is 30.0 Å².